The summed E-state index contributed by atoms with van der Waals surface area (Å²) >= 11 is 0. The molecule has 0 spiro atoms. The molecule has 0 bridgehead atoms. The summed E-state index contributed by atoms with van der Waals surface area (Å²) in [6.07, 6.45) is 0.682. The molecule has 6 heteroatoms. The predicted octanol–water partition coefficient (Wildman–Crippen LogP) is -0.260. The Bertz CT molecular complexity index is 281. The van der Waals surface area contributed by atoms with E-state index in [4.69, 9.17) is 5.73 Å². The van der Waals surface area contributed by atoms with E-state index in [2.05, 4.69) is 5.32 Å². The van der Waals surface area contributed by atoms with E-state index < -0.39 is 5.41 Å². The molecule has 0 aromatic rings. The maximum atomic E-state index is 11.7. The second-order valence-electron chi connectivity index (χ2n) is 4.66. The molecule has 94 valence electrons. The molecule has 1 fully saturated rings. The summed E-state index contributed by atoms with van der Waals surface area (Å²) in [4.78, 5) is 24.9. The van der Waals surface area contributed by atoms with E-state index in [0.717, 1.165) is 0 Å². The van der Waals surface area contributed by atoms with Crippen LogP contribution in [0.15, 0.2) is 0 Å². The molecule has 16 heavy (non-hydrogen) atoms. The molecule has 1 aliphatic rings. The van der Waals surface area contributed by atoms with Crippen molar-refractivity contribution in [1.29, 1.82) is 0 Å². The number of hydrogen-bond acceptors (Lipinski definition) is 3. The maximum Gasteiger partial charge on any atom is 0.244 e. The lowest BCUT2D eigenvalue weighted by Gasteiger charge is -2.23. The Kier molecular flexibility index (Phi) is 5.22. The monoisotopic (exact) mass is 249 g/mol. The van der Waals surface area contributed by atoms with Crippen LogP contribution in [0.4, 0.5) is 0 Å². The maximum absolute atomic E-state index is 11.7. The summed E-state index contributed by atoms with van der Waals surface area (Å²) in [6.45, 7) is 4.51. The molecule has 0 aliphatic carbocycles. The quantitative estimate of drug-likeness (QED) is 0.724. The first-order valence-corrected chi connectivity index (χ1v) is 5.14. The highest BCUT2D eigenvalue weighted by Crippen LogP contribution is 2.15. The molecule has 1 rings (SSSR count). The van der Waals surface area contributed by atoms with E-state index in [-0.39, 0.29) is 36.8 Å². The minimum atomic E-state index is -0.610. The Morgan fingerprint density at radius 2 is 2.19 bits per heavy atom. The Labute approximate surface area is 102 Å². The summed E-state index contributed by atoms with van der Waals surface area (Å²) in [7, 11) is 1.74. The first-order chi connectivity index (χ1) is 6.88. The molecule has 0 aromatic carbocycles. The highest BCUT2D eigenvalue weighted by molar-refractivity contribution is 5.90. The van der Waals surface area contributed by atoms with Crippen LogP contribution in [0.3, 0.4) is 0 Å². The average Bonchev–Trinajstić information content (AvgIpc) is 2.49. The highest BCUT2D eigenvalue weighted by atomic mass is 35.5. The van der Waals surface area contributed by atoms with E-state index in [1.54, 1.807) is 25.8 Å². The number of amides is 2. The van der Waals surface area contributed by atoms with Crippen LogP contribution in [-0.4, -0.2) is 42.9 Å². The Hall–Kier alpha value is -0.810. The van der Waals surface area contributed by atoms with Crippen molar-refractivity contribution >= 4 is 24.2 Å². The topological polar surface area (TPSA) is 75.4 Å². The summed E-state index contributed by atoms with van der Waals surface area (Å²) in [5.74, 6) is -0.171. The van der Waals surface area contributed by atoms with Gasteiger partial charge in [0.1, 0.15) is 6.04 Å². The highest BCUT2D eigenvalue weighted by Gasteiger charge is 2.34. The normalized spacial score (nSPS) is 20.6. The van der Waals surface area contributed by atoms with Gasteiger partial charge in [-0.2, -0.15) is 0 Å². The Balaban J connectivity index is 0.00000225. The van der Waals surface area contributed by atoms with Gasteiger partial charge in [-0.3, -0.25) is 9.59 Å². The number of carbonyl (C=O) groups is 2. The van der Waals surface area contributed by atoms with Crippen LogP contribution in [0.2, 0.25) is 0 Å². The molecule has 2 amide bonds. The summed E-state index contributed by atoms with van der Waals surface area (Å²) in [6, 6.07) is -0.367. The second-order valence-corrected chi connectivity index (χ2v) is 4.66. The fourth-order valence-electron chi connectivity index (χ4n) is 1.40. The molecule has 0 radical (unpaired) electrons. The molecule has 3 N–H and O–H groups in total. The fourth-order valence-corrected chi connectivity index (χ4v) is 1.40. The van der Waals surface area contributed by atoms with E-state index >= 15 is 0 Å². The van der Waals surface area contributed by atoms with Gasteiger partial charge in [0, 0.05) is 20.1 Å². The number of hydrogen-bond donors (Lipinski definition) is 2. The van der Waals surface area contributed by atoms with Gasteiger partial charge >= 0.3 is 0 Å². The van der Waals surface area contributed by atoms with Crippen molar-refractivity contribution < 1.29 is 9.59 Å². The summed E-state index contributed by atoms with van der Waals surface area (Å²) in [5.41, 5.74) is 4.88. The first-order valence-electron chi connectivity index (χ1n) is 5.14. The van der Waals surface area contributed by atoms with E-state index in [1.807, 2.05) is 0 Å². The third-order valence-corrected chi connectivity index (χ3v) is 2.86. The van der Waals surface area contributed by atoms with Crippen LogP contribution in [0, 0.1) is 5.41 Å². The number of carbonyl (C=O) groups excluding carboxylic acids is 2. The number of likely N-dealkylation sites (N-methyl/N-ethyl adjacent to an activating group) is 1. The van der Waals surface area contributed by atoms with Gasteiger partial charge in [-0.1, -0.05) is 0 Å². The zero-order valence-electron chi connectivity index (χ0n) is 9.95. The van der Waals surface area contributed by atoms with Gasteiger partial charge in [0.2, 0.25) is 11.8 Å². The van der Waals surface area contributed by atoms with Crippen LogP contribution in [0.5, 0.6) is 0 Å². The Morgan fingerprint density at radius 3 is 2.56 bits per heavy atom. The van der Waals surface area contributed by atoms with Crippen LogP contribution in [0.25, 0.3) is 0 Å². The van der Waals surface area contributed by atoms with Gasteiger partial charge in [0.15, 0.2) is 0 Å². The predicted molar refractivity (Wildman–Crippen MR) is 64.3 cm³/mol. The van der Waals surface area contributed by atoms with E-state index in [0.29, 0.717) is 13.0 Å². The molecule has 1 heterocycles. The van der Waals surface area contributed by atoms with Gasteiger partial charge in [0.05, 0.1) is 5.41 Å². The van der Waals surface area contributed by atoms with Gasteiger partial charge < -0.3 is 16.0 Å². The standard InChI is InChI=1S/C10H19N3O2.ClH/c1-10(2,6-11)9(15)12-7-4-5-13(3)8(7)14;/h7H,4-6,11H2,1-3H3,(H,12,15);1H. The van der Waals surface area contributed by atoms with Crippen molar-refractivity contribution in [1.82, 2.24) is 10.2 Å². The van der Waals surface area contributed by atoms with Crippen molar-refractivity contribution in [2.75, 3.05) is 20.1 Å². The van der Waals surface area contributed by atoms with E-state index in [1.165, 1.54) is 0 Å². The van der Waals surface area contributed by atoms with Crippen molar-refractivity contribution in [2.24, 2.45) is 11.1 Å². The average molecular weight is 250 g/mol. The van der Waals surface area contributed by atoms with Gasteiger partial charge in [-0.15, -0.1) is 12.4 Å². The molecule has 0 aromatic heterocycles. The van der Waals surface area contributed by atoms with Crippen LogP contribution in [0.1, 0.15) is 20.3 Å². The molecule has 1 atom stereocenters. The third kappa shape index (κ3) is 3.09. The number of nitrogens with two attached hydrogens (primary N) is 1. The van der Waals surface area contributed by atoms with Crippen LogP contribution in [-0.2, 0) is 9.59 Å². The molecular weight excluding hydrogens is 230 g/mol. The number of nitrogens with one attached hydrogen (secondary N) is 1. The molecule has 5 nitrogen and oxygen atoms in total. The zero-order valence-corrected chi connectivity index (χ0v) is 10.8. The number of halogens is 1. The molecule has 1 saturated heterocycles. The zero-order chi connectivity index (χ0) is 11.6. The summed E-state index contributed by atoms with van der Waals surface area (Å²) in [5, 5.41) is 2.74. The second kappa shape index (κ2) is 5.50. The lowest BCUT2D eigenvalue weighted by Crippen LogP contribution is -2.48. The van der Waals surface area contributed by atoms with Gasteiger partial charge in [0.25, 0.3) is 0 Å². The smallest absolute Gasteiger partial charge is 0.244 e. The van der Waals surface area contributed by atoms with Crippen molar-refractivity contribution in [3.63, 3.8) is 0 Å². The van der Waals surface area contributed by atoms with Gasteiger partial charge in [-0.05, 0) is 20.3 Å². The molecule has 1 unspecified atom stereocenters. The van der Waals surface area contributed by atoms with E-state index in [9.17, 15) is 9.59 Å². The number of rotatable bonds is 3. The number of nitrogens with zero attached hydrogens (tertiary/aromatic N) is 1. The largest absolute Gasteiger partial charge is 0.344 e. The Morgan fingerprint density at radius 1 is 1.62 bits per heavy atom. The summed E-state index contributed by atoms with van der Waals surface area (Å²) < 4.78 is 0. The lowest BCUT2D eigenvalue weighted by atomic mass is 9.92. The molecular formula is C10H20ClN3O2. The minimum absolute atomic E-state index is 0. The first kappa shape index (κ1) is 15.2. The lowest BCUT2D eigenvalue weighted by molar-refractivity contribution is -0.135. The molecule has 1 aliphatic heterocycles. The fraction of sp³-hybridized carbons (Fsp3) is 0.800. The molecule has 0 saturated carbocycles. The van der Waals surface area contributed by atoms with Crippen LogP contribution >= 0.6 is 12.4 Å². The van der Waals surface area contributed by atoms with Crippen molar-refractivity contribution in [3.05, 3.63) is 0 Å². The van der Waals surface area contributed by atoms with Crippen molar-refractivity contribution in [2.45, 2.75) is 26.3 Å². The van der Waals surface area contributed by atoms with Crippen LogP contribution < -0.4 is 11.1 Å². The SMILES string of the molecule is CN1CCC(NC(=O)C(C)(C)CN)C1=O.Cl. The number of likely N-dealkylation sites (tertiary alicyclic amines) is 1. The third-order valence-electron chi connectivity index (χ3n) is 2.86. The van der Waals surface area contributed by atoms with Gasteiger partial charge in [-0.25, -0.2) is 0 Å². The van der Waals surface area contributed by atoms with Crippen molar-refractivity contribution in [3.8, 4) is 0 Å². The minimum Gasteiger partial charge on any atom is -0.344 e.